The molecule has 7 nitrogen and oxygen atoms in total. The maximum atomic E-state index is 11.5. The third kappa shape index (κ3) is 4.30. The van der Waals surface area contributed by atoms with Gasteiger partial charge in [0.25, 0.3) is 5.56 Å². The second-order valence-corrected chi connectivity index (χ2v) is 6.86. The van der Waals surface area contributed by atoms with E-state index < -0.39 is 15.6 Å². The van der Waals surface area contributed by atoms with Crippen molar-refractivity contribution in [2.24, 2.45) is 0 Å². The normalized spacial score (nSPS) is 11.4. The molecule has 0 saturated carbocycles. The summed E-state index contributed by atoms with van der Waals surface area (Å²) in [7, 11) is -1.90. The standard InChI is InChI=1S/C13H15ClN4O3S/c1-15-22(20,21)8-10-4-2-9(3-5-10)6-16-11-7-17-18-13(19)12(11)14/h2-5,7,15H,6,8H2,1H3,(H2,16,18,19). The average Bonchev–Trinajstić information content (AvgIpc) is 2.50. The van der Waals surface area contributed by atoms with E-state index in [2.05, 4.69) is 20.2 Å². The van der Waals surface area contributed by atoms with E-state index in [9.17, 15) is 13.2 Å². The highest BCUT2D eigenvalue weighted by Crippen LogP contribution is 2.16. The molecule has 0 fully saturated rings. The minimum absolute atomic E-state index is 0.0479. The van der Waals surface area contributed by atoms with Crippen molar-refractivity contribution in [3.05, 3.63) is 57.0 Å². The molecule has 3 N–H and O–H groups in total. The number of sulfonamides is 1. The highest BCUT2D eigenvalue weighted by Gasteiger charge is 2.08. The van der Waals surface area contributed by atoms with Crippen molar-refractivity contribution in [1.82, 2.24) is 14.9 Å². The Bertz CT molecular complexity index is 803. The number of halogens is 1. The van der Waals surface area contributed by atoms with Gasteiger partial charge in [0.2, 0.25) is 10.0 Å². The van der Waals surface area contributed by atoms with Crippen molar-refractivity contribution in [3.63, 3.8) is 0 Å². The van der Waals surface area contributed by atoms with Crippen LogP contribution in [0.25, 0.3) is 0 Å². The smallest absolute Gasteiger partial charge is 0.285 e. The summed E-state index contributed by atoms with van der Waals surface area (Å²) in [6, 6.07) is 7.09. The Balaban J connectivity index is 2.03. The lowest BCUT2D eigenvalue weighted by Gasteiger charge is -2.08. The van der Waals surface area contributed by atoms with Gasteiger partial charge < -0.3 is 5.32 Å². The Morgan fingerprint density at radius 3 is 2.50 bits per heavy atom. The fourth-order valence-electron chi connectivity index (χ4n) is 1.75. The minimum Gasteiger partial charge on any atom is -0.378 e. The first-order chi connectivity index (χ1) is 10.4. The summed E-state index contributed by atoms with van der Waals surface area (Å²) in [6.07, 6.45) is 1.43. The molecule has 1 aromatic heterocycles. The zero-order valence-electron chi connectivity index (χ0n) is 11.8. The molecule has 22 heavy (non-hydrogen) atoms. The Labute approximate surface area is 132 Å². The molecular weight excluding hydrogens is 328 g/mol. The number of nitrogens with zero attached hydrogens (tertiary/aromatic N) is 1. The highest BCUT2D eigenvalue weighted by molar-refractivity contribution is 7.88. The molecule has 0 radical (unpaired) electrons. The van der Waals surface area contributed by atoms with Crippen LogP contribution in [-0.2, 0) is 22.3 Å². The van der Waals surface area contributed by atoms with Gasteiger partial charge in [0, 0.05) is 6.54 Å². The number of H-pyrrole nitrogens is 1. The summed E-state index contributed by atoms with van der Waals surface area (Å²) in [5.74, 6) is -0.0684. The van der Waals surface area contributed by atoms with Crippen molar-refractivity contribution in [2.45, 2.75) is 12.3 Å². The van der Waals surface area contributed by atoms with Gasteiger partial charge in [-0.2, -0.15) is 5.10 Å². The quantitative estimate of drug-likeness (QED) is 0.729. The second-order valence-electron chi connectivity index (χ2n) is 4.56. The van der Waals surface area contributed by atoms with Gasteiger partial charge in [0.15, 0.2) is 0 Å². The number of hydrogen-bond acceptors (Lipinski definition) is 5. The van der Waals surface area contributed by atoms with Crippen molar-refractivity contribution in [3.8, 4) is 0 Å². The van der Waals surface area contributed by atoms with Crippen molar-refractivity contribution >= 4 is 27.3 Å². The van der Waals surface area contributed by atoms with E-state index in [0.29, 0.717) is 17.8 Å². The zero-order chi connectivity index (χ0) is 16.2. The number of aromatic nitrogens is 2. The zero-order valence-corrected chi connectivity index (χ0v) is 13.3. The van der Waals surface area contributed by atoms with Crippen LogP contribution in [0.2, 0.25) is 5.02 Å². The molecule has 0 amide bonds. The fraction of sp³-hybridized carbons (Fsp3) is 0.231. The molecule has 1 heterocycles. The van der Waals surface area contributed by atoms with Crippen LogP contribution in [0.4, 0.5) is 5.69 Å². The van der Waals surface area contributed by atoms with E-state index in [1.807, 2.05) is 12.1 Å². The van der Waals surface area contributed by atoms with E-state index in [1.165, 1.54) is 13.2 Å². The highest BCUT2D eigenvalue weighted by atomic mass is 35.5. The van der Waals surface area contributed by atoms with Crippen LogP contribution in [0.1, 0.15) is 11.1 Å². The lowest BCUT2D eigenvalue weighted by Crippen LogP contribution is -2.20. The fourth-order valence-corrected chi connectivity index (χ4v) is 2.68. The molecule has 0 aliphatic carbocycles. The lowest BCUT2D eigenvalue weighted by atomic mass is 10.1. The molecule has 2 rings (SSSR count). The Morgan fingerprint density at radius 2 is 1.86 bits per heavy atom. The number of nitrogens with one attached hydrogen (secondary N) is 3. The minimum atomic E-state index is -3.28. The van der Waals surface area contributed by atoms with Gasteiger partial charge in [-0.05, 0) is 18.2 Å². The van der Waals surface area contributed by atoms with E-state index in [0.717, 1.165) is 5.56 Å². The topological polar surface area (TPSA) is 104 Å². The van der Waals surface area contributed by atoms with Gasteiger partial charge in [-0.25, -0.2) is 18.2 Å². The van der Waals surface area contributed by atoms with E-state index in [4.69, 9.17) is 11.6 Å². The van der Waals surface area contributed by atoms with Crippen LogP contribution >= 0.6 is 11.6 Å². The first kappa shape index (κ1) is 16.5. The first-order valence-electron chi connectivity index (χ1n) is 6.37. The predicted octanol–water partition coefficient (Wildman–Crippen LogP) is 1.08. The van der Waals surface area contributed by atoms with Gasteiger partial charge in [-0.1, -0.05) is 35.9 Å². The summed E-state index contributed by atoms with van der Waals surface area (Å²) >= 11 is 5.85. The van der Waals surface area contributed by atoms with Crippen LogP contribution in [-0.4, -0.2) is 25.7 Å². The van der Waals surface area contributed by atoms with Gasteiger partial charge >= 0.3 is 0 Å². The Kier molecular flexibility index (Phi) is 5.17. The van der Waals surface area contributed by atoms with E-state index in [1.54, 1.807) is 12.1 Å². The number of rotatable bonds is 6. The molecule has 2 aromatic rings. The Hall–Kier alpha value is -1.90. The lowest BCUT2D eigenvalue weighted by molar-refractivity contribution is 0.587. The number of hydrogen-bond donors (Lipinski definition) is 3. The van der Waals surface area contributed by atoms with Gasteiger partial charge in [-0.3, -0.25) is 4.79 Å². The maximum Gasteiger partial charge on any atom is 0.285 e. The van der Waals surface area contributed by atoms with Crippen LogP contribution < -0.4 is 15.6 Å². The van der Waals surface area contributed by atoms with Crippen molar-refractivity contribution in [2.75, 3.05) is 12.4 Å². The molecule has 0 spiro atoms. The largest absolute Gasteiger partial charge is 0.378 e. The van der Waals surface area contributed by atoms with Gasteiger partial charge in [0.1, 0.15) is 5.02 Å². The van der Waals surface area contributed by atoms with Gasteiger partial charge in [0.05, 0.1) is 17.6 Å². The average molecular weight is 343 g/mol. The molecule has 9 heteroatoms. The van der Waals surface area contributed by atoms with Crippen LogP contribution in [0.5, 0.6) is 0 Å². The summed E-state index contributed by atoms with van der Waals surface area (Å²) < 4.78 is 25.2. The number of benzene rings is 1. The van der Waals surface area contributed by atoms with Crippen LogP contribution in [0, 0.1) is 0 Å². The molecule has 0 aliphatic heterocycles. The summed E-state index contributed by atoms with van der Waals surface area (Å²) in [5, 5.41) is 8.95. The molecule has 0 unspecified atom stereocenters. The monoisotopic (exact) mass is 342 g/mol. The predicted molar refractivity (Wildman–Crippen MR) is 85.3 cm³/mol. The molecule has 1 aromatic carbocycles. The number of aromatic amines is 1. The van der Waals surface area contributed by atoms with Crippen LogP contribution in [0.15, 0.2) is 35.3 Å². The van der Waals surface area contributed by atoms with Crippen molar-refractivity contribution in [1.29, 1.82) is 0 Å². The number of anilines is 1. The van der Waals surface area contributed by atoms with Crippen LogP contribution in [0.3, 0.4) is 0 Å². The third-order valence-electron chi connectivity index (χ3n) is 2.97. The molecule has 118 valence electrons. The van der Waals surface area contributed by atoms with Crippen molar-refractivity contribution < 1.29 is 8.42 Å². The van der Waals surface area contributed by atoms with Gasteiger partial charge in [-0.15, -0.1) is 0 Å². The summed E-state index contributed by atoms with van der Waals surface area (Å²) in [5.41, 5.74) is 1.59. The molecule has 0 atom stereocenters. The molecule has 0 saturated heterocycles. The molecule has 0 aliphatic rings. The first-order valence-corrected chi connectivity index (χ1v) is 8.40. The molecular formula is C13H15ClN4O3S. The Morgan fingerprint density at radius 1 is 1.23 bits per heavy atom. The van der Waals surface area contributed by atoms with E-state index >= 15 is 0 Å². The SMILES string of the molecule is CNS(=O)(=O)Cc1ccc(CNc2cn[nH]c(=O)c2Cl)cc1. The third-order valence-corrected chi connectivity index (χ3v) is 4.68. The summed E-state index contributed by atoms with van der Waals surface area (Å²) in [6.45, 7) is 0.434. The maximum absolute atomic E-state index is 11.5. The van der Waals surface area contributed by atoms with E-state index in [-0.39, 0.29) is 10.8 Å². The summed E-state index contributed by atoms with van der Waals surface area (Å²) in [4.78, 5) is 11.3. The molecule has 0 bridgehead atoms. The second kappa shape index (κ2) is 6.91.